The molecule has 0 aliphatic carbocycles. The number of thiophene rings is 1. The Morgan fingerprint density at radius 3 is 3.18 bits per heavy atom. The molecule has 0 aliphatic heterocycles. The Kier molecular flexibility index (Phi) is 4.66. The minimum absolute atomic E-state index is 1.12. The predicted octanol–water partition coefficient (Wildman–Crippen LogP) is 2.45. The molecule has 0 atom stereocenters. The number of hydrogen-bond donors (Lipinski definition) is 1. The Bertz CT molecular complexity index is 172. The van der Waals surface area contributed by atoms with Gasteiger partial charge in [0.25, 0.3) is 0 Å². The Labute approximate surface area is 76.2 Å². The largest absolute Gasteiger partial charge is 0.320 e. The van der Waals surface area contributed by atoms with Gasteiger partial charge in [-0.25, -0.2) is 0 Å². The van der Waals surface area contributed by atoms with E-state index in [2.05, 4.69) is 22.8 Å². The molecule has 0 saturated heterocycles. The van der Waals surface area contributed by atoms with Gasteiger partial charge in [0.2, 0.25) is 0 Å². The fraction of sp³-hybridized carbons (Fsp3) is 0.500. The van der Waals surface area contributed by atoms with Crippen LogP contribution in [0.15, 0.2) is 21.7 Å². The maximum Gasteiger partial charge on any atom is 0.0598 e. The van der Waals surface area contributed by atoms with Crippen molar-refractivity contribution in [2.45, 2.75) is 10.6 Å². The molecule has 0 saturated carbocycles. The Morgan fingerprint density at radius 1 is 1.64 bits per heavy atom. The van der Waals surface area contributed by atoms with Crippen molar-refractivity contribution in [3.8, 4) is 0 Å². The highest BCUT2D eigenvalue weighted by molar-refractivity contribution is 8.01. The van der Waals surface area contributed by atoms with Crippen molar-refractivity contribution in [2.75, 3.05) is 19.3 Å². The predicted molar refractivity (Wildman–Crippen MR) is 53.6 cm³/mol. The first-order valence-electron chi connectivity index (χ1n) is 3.74. The summed E-state index contributed by atoms with van der Waals surface area (Å²) in [5.74, 6) is 1.22. The molecular weight excluding hydrogens is 174 g/mol. The first kappa shape index (κ1) is 9.10. The molecule has 1 aromatic heterocycles. The van der Waals surface area contributed by atoms with Crippen molar-refractivity contribution in [1.82, 2.24) is 5.32 Å². The monoisotopic (exact) mass is 187 g/mol. The summed E-state index contributed by atoms with van der Waals surface area (Å²) in [5, 5.41) is 5.26. The molecule has 0 aromatic carbocycles. The molecule has 0 unspecified atom stereocenters. The molecule has 1 N–H and O–H groups in total. The highest BCUT2D eigenvalue weighted by atomic mass is 32.2. The van der Waals surface area contributed by atoms with Gasteiger partial charge in [0.1, 0.15) is 0 Å². The van der Waals surface area contributed by atoms with E-state index in [0.29, 0.717) is 0 Å². The quantitative estimate of drug-likeness (QED) is 0.561. The van der Waals surface area contributed by atoms with Crippen molar-refractivity contribution in [3.63, 3.8) is 0 Å². The van der Waals surface area contributed by atoms with E-state index in [1.54, 1.807) is 0 Å². The molecule has 0 aliphatic rings. The molecule has 11 heavy (non-hydrogen) atoms. The number of rotatable bonds is 5. The zero-order valence-electron chi connectivity index (χ0n) is 6.67. The third-order valence-electron chi connectivity index (χ3n) is 1.31. The van der Waals surface area contributed by atoms with Gasteiger partial charge in [0, 0.05) is 0 Å². The second-order valence-electron chi connectivity index (χ2n) is 2.24. The van der Waals surface area contributed by atoms with E-state index in [1.165, 1.54) is 16.4 Å². The van der Waals surface area contributed by atoms with Crippen molar-refractivity contribution in [1.29, 1.82) is 0 Å². The molecule has 1 aromatic rings. The summed E-state index contributed by atoms with van der Waals surface area (Å²) in [7, 11) is 2.00. The molecule has 0 bridgehead atoms. The third-order valence-corrected chi connectivity index (χ3v) is 3.53. The van der Waals surface area contributed by atoms with Crippen LogP contribution in [0, 0.1) is 0 Å². The third kappa shape index (κ3) is 3.79. The van der Waals surface area contributed by atoms with E-state index in [-0.39, 0.29) is 0 Å². The topological polar surface area (TPSA) is 12.0 Å². The lowest BCUT2D eigenvalue weighted by Gasteiger charge is -1.97. The van der Waals surface area contributed by atoms with Crippen LogP contribution in [0.4, 0.5) is 0 Å². The number of hydrogen-bond acceptors (Lipinski definition) is 3. The number of thioether (sulfide) groups is 1. The molecule has 1 heterocycles. The highest BCUT2D eigenvalue weighted by Gasteiger charge is 1.92. The van der Waals surface area contributed by atoms with Crippen LogP contribution >= 0.6 is 23.1 Å². The SMILES string of the molecule is CNCCCSc1cccs1. The van der Waals surface area contributed by atoms with E-state index in [1.807, 2.05) is 30.1 Å². The molecule has 1 nitrogen and oxygen atoms in total. The van der Waals surface area contributed by atoms with Gasteiger partial charge >= 0.3 is 0 Å². The van der Waals surface area contributed by atoms with Gasteiger partial charge in [-0.1, -0.05) is 6.07 Å². The van der Waals surface area contributed by atoms with Gasteiger partial charge < -0.3 is 5.32 Å². The van der Waals surface area contributed by atoms with Crippen LogP contribution in [0.1, 0.15) is 6.42 Å². The fourth-order valence-corrected chi connectivity index (χ4v) is 2.57. The maximum absolute atomic E-state index is 3.14. The Balaban J connectivity index is 2.04. The Hall–Kier alpha value is 0.01000. The zero-order valence-corrected chi connectivity index (χ0v) is 8.30. The minimum atomic E-state index is 1.12. The van der Waals surface area contributed by atoms with E-state index in [4.69, 9.17) is 0 Å². The van der Waals surface area contributed by atoms with Gasteiger partial charge in [0.15, 0.2) is 0 Å². The van der Waals surface area contributed by atoms with Crippen LogP contribution < -0.4 is 5.32 Å². The smallest absolute Gasteiger partial charge is 0.0598 e. The van der Waals surface area contributed by atoms with Crippen LogP contribution in [0.2, 0.25) is 0 Å². The molecular formula is C8H13NS2. The fourth-order valence-electron chi connectivity index (χ4n) is 0.767. The van der Waals surface area contributed by atoms with Crippen LogP contribution in [-0.4, -0.2) is 19.3 Å². The van der Waals surface area contributed by atoms with Crippen LogP contribution in [0.5, 0.6) is 0 Å². The van der Waals surface area contributed by atoms with E-state index < -0.39 is 0 Å². The summed E-state index contributed by atoms with van der Waals surface area (Å²) < 4.78 is 1.43. The Morgan fingerprint density at radius 2 is 2.55 bits per heavy atom. The first-order valence-corrected chi connectivity index (χ1v) is 5.61. The molecule has 0 amide bonds. The maximum atomic E-state index is 3.14. The lowest BCUT2D eigenvalue weighted by atomic mass is 10.5. The molecule has 62 valence electrons. The van der Waals surface area contributed by atoms with Gasteiger partial charge in [-0.15, -0.1) is 23.1 Å². The van der Waals surface area contributed by atoms with Crippen LogP contribution in [0.3, 0.4) is 0 Å². The molecule has 3 heteroatoms. The van der Waals surface area contributed by atoms with Gasteiger partial charge in [-0.2, -0.15) is 0 Å². The highest BCUT2D eigenvalue weighted by Crippen LogP contribution is 2.23. The van der Waals surface area contributed by atoms with Crippen molar-refractivity contribution < 1.29 is 0 Å². The van der Waals surface area contributed by atoms with Crippen molar-refractivity contribution >= 4 is 23.1 Å². The molecule has 0 spiro atoms. The molecule has 0 radical (unpaired) electrons. The van der Waals surface area contributed by atoms with Gasteiger partial charge in [-0.3, -0.25) is 0 Å². The van der Waals surface area contributed by atoms with Crippen LogP contribution in [-0.2, 0) is 0 Å². The first-order chi connectivity index (χ1) is 5.43. The number of nitrogens with one attached hydrogen (secondary N) is 1. The van der Waals surface area contributed by atoms with E-state index >= 15 is 0 Å². The zero-order chi connectivity index (χ0) is 7.94. The van der Waals surface area contributed by atoms with E-state index in [9.17, 15) is 0 Å². The summed E-state index contributed by atoms with van der Waals surface area (Å²) in [4.78, 5) is 0. The van der Waals surface area contributed by atoms with Crippen molar-refractivity contribution in [2.24, 2.45) is 0 Å². The van der Waals surface area contributed by atoms with E-state index in [0.717, 1.165) is 6.54 Å². The second kappa shape index (κ2) is 5.63. The van der Waals surface area contributed by atoms with Crippen LogP contribution in [0.25, 0.3) is 0 Å². The summed E-state index contributed by atoms with van der Waals surface area (Å²) in [6.07, 6.45) is 1.25. The molecule has 0 fully saturated rings. The normalized spacial score (nSPS) is 10.3. The summed E-state index contributed by atoms with van der Waals surface area (Å²) in [6.45, 7) is 1.12. The standard InChI is InChI=1S/C8H13NS2/c1-9-5-3-7-11-8-4-2-6-10-8/h2,4,6,9H,3,5,7H2,1H3. The second-order valence-corrected chi connectivity index (χ2v) is 4.58. The summed E-state index contributed by atoms with van der Waals surface area (Å²) >= 11 is 3.77. The summed E-state index contributed by atoms with van der Waals surface area (Å²) in [6, 6.07) is 4.28. The lowest BCUT2D eigenvalue weighted by molar-refractivity contribution is 0.778. The van der Waals surface area contributed by atoms with Gasteiger partial charge in [-0.05, 0) is 37.2 Å². The van der Waals surface area contributed by atoms with Gasteiger partial charge in [0.05, 0.1) is 4.21 Å². The summed E-state index contributed by atoms with van der Waals surface area (Å²) in [5.41, 5.74) is 0. The lowest BCUT2D eigenvalue weighted by Crippen LogP contribution is -2.07. The molecule has 1 rings (SSSR count). The average molecular weight is 187 g/mol. The van der Waals surface area contributed by atoms with Crippen molar-refractivity contribution in [3.05, 3.63) is 17.5 Å². The average Bonchev–Trinajstić information content (AvgIpc) is 2.50. The minimum Gasteiger partial charge on any atom is -0.320 e.